The summed E-state index contributed by atoms with van der Waals surface area (Å²) in [6.07, 6.45) is 0. The van der Waals surface area contributed by atoms with Gasteiger partial charge in [-0.3, -0.25) is 0 Å². The van der Waals surface area contributed by atoms with Crippen LogP contribution in [-0.2, 0) is 11.4 Å². The van der Waals surface area contributed by atoms with Crippen LogP contribution in [0.4, 0.5) is 10.1 Å². The van der Waals surface area contributed by atoms with Gasteiger partial charge in [0, 0.05) is 38.4 Å². The van der Waals surface area contributed by atoms with Crippen molar-refractivity contribution < 1.29 is 14.0 Å². The van der Waals surface area contributed by atoms with E-state index in [2.05, 4.69) is 21.1 Å². The lowest BCUT2D eigenvalue weighted by Crippen LogP contribution is -2.29. The summed E-state index contributed by atoms with van der Waals surface area (Å²) in [5, 5.41) is 4.86. The van der Waals surface area contributed by atoms with Crippen molar-refractivity contribution in [3.8, 4) is 5.75 Å². The normalized spacial score (nSPS) is 16.3. The molecule has 1 atom stereocenters. The van der Waals surface area contributed by atoms with E-state index < -0.39 is 6.04 Å². The highest BCUT2D eigenvalue weighted by Crippen LogP contribution is 2.46. The molecule has 0 spiro atoms. The van der Waals surface area contributed by atoms with Gasteiger partial charge < -0.3 is 20.2 Å². The van der Waals surface area contributed by atoms with Crippen molar-refractivity contribution in [1.29, 1.82) is 0 Å². The zero-order valence-corrected chi connectivity index (χ0v) is 20.0. The first-order chi connectivity index (χ1) is 15.4. The Kier molecular flexibility index (Phi) is 6.58. The summed E-state index contributed by atoms with van der Waals surface area (Å²) in [6.45, 7) is 2.74. The van der Waals surface area contributed by atoms with Crippen LogP contribution in [0.3, 0.4) is 0 Å². The molecule has 8 heteroatoms. The molecule has 1 aliphatic rings. The molecule has 1 heterocycles. The summed E-state index contributed by atoms with van der Waals surface area (Å²) in [5.74, 6) is 0.997. The smallest absolute Gasteiger partial charge is 0.177 e. The molecule has 0 fully saturated rings. The standard InChI is InChI=1S/C24H22BrClFN3O2/c1-3-32-29-24-19-10-15(25)11-21(28)22(19)23(18-12-16(27)6-9-20(18)26)30(24)13-14-4-7-17(31-2)8-5-14/h4-12,23H,3,13,28H2,1-2H3. The second kappa shape index (κ2) is 9.38. The van der Waals surface area contributed by atoms with E-state index in [1.165, 1.54) is 12.1 Å². The van der Waals surface area contributed by atoms with Crippen LogP contribution < -0.4 is 10.5 Å². The van der Waals surface area contributed by atoms with Gasteiger partial charge in [0.15, 0.2) is 5.84 Å². The van der Waals surface area contributed by atoms with Gasteiger partial charge in [0.25, 0.3) is 0 Å². The number of methoxy groups -OCH3 is 1. The topological polar surface area (TPSA) is 60.1 Å². The minimum absolute atomic E-state index is 0.374. The number of amidine groups is 1. The summed E-state index contributed by atoms with van der Waals surface area (Å²) < 4.78 is 20.4. The van der Waals surface area contributed by atoms with Crippen LogP contribution in [0.1, 0.15) is 35.2 Å². The number of rotatable bonds is 6. The lowest BCUT2D eigenvalue weighted by atomic mass is 9.96. The predicted octanol–water partition coefficient (Wildman–Crippen LogP) is 6.14. The van der Waals surface area contributed by atoms with Gasteiger partial charge in [0.1, 0.15) is 18.2 Å². The van der Waals surface area contributed by atoms with Gasteiger partial charge in [-0.25, -0.2) is 4.39 Å². The predicted molar refractivity (Wildman–Crippen MR) is 129 cm³/mol. The molecule has 1 unspecified atom stereocenters. The molecule has 1 aliphatic heterocycles. The minimum Gasteiger partial charge on any atom is -0.497 e. The van der Waals surface area contributed by atoms with Gasteiger partial charge in [-0.05, 0) is 55.0 Å². The zero-order valence-electron chi connectivity index (χ0n) is 17.6. The number of hydrogen-bond donors (Lipinski definition) is 1. The average Bonchev–Trinajstić information content (AvgIpc) is 3.07. The average molecular weight is 519 g/mol. The maximum atomic E-state index is 14.3. The van der Waals surface area contributed by atoms with E-state index in [4.69, 9.17) is 26.9 Å². The summed E-state index contributed by atoms with van der Waals surface area (Å²) in [7, 11) is 1.63. The van der Waals surface area contributed by atoms with Crippen LogP contribution in [0.15, 0.2) is 64.2 Å². The molecule has 0 amide bonds. The molecule has 0 aromatic heterocycles. The Morgan fingerprint density at radius 3 is 2.59 bits per heavy atom. The van der Waals surface area contributed by atoms with Crippen LogP contribution in [-0.4, -0.2) is 24.5 Å². The number of anilines is 1. The highest BCUT2D eigenvalue weighted by Gasteiger charge is 2.39. The van der Waals surface area contributed by atoms with Crippen LogP contribution >= 0.6 is 27.5 Å². The van der Waals surface area contributed by atoms with Crippen molar-refractivity contribution in [2.45, 2.75) is 19.5 Å². The molecule has 5 nitrogen and oxygen atoms in total. The lowest BCUT2D eigenvalue weighted by molar-refractivity contribution is 0.152. The second-order valence-electron chi connectivity index (χ2n) is 7.33. The molecule has 0 saturated heterocycles. The van der Waals surface area contributed by atoms with Gasteiger partial charge >= 0.3 is 0 Å². The van der Waals surface area contributed by atoms with Crippen LogP contribution in [0.2, 0.25) is 5.02 Å². The van der Waals surface area contributed by atoms with Crippen LogP contribution in [0.25, 0.3) is 0 Å². The minimum atomic E-state index is -0.442. The van der Waals surface area contributed by atoms with E-state index in [1.54, 1.807) is 13.2 Å². The molecule has 0 saturated carbocycles. The Balaban J connectivity index is 1.91. The zero-order chi connectivity index (χ0) is 22.8. The number of oxime groups is 1. The summed E-state index contributed by atoms with van der Waals surface area (Å²) >= 11 is 10.1. The monoisotopic (exact) mass is 517 g/mol. The Hall–Kier alpha value is -2.77. The molecule has 3 aromatic carbocycles. The number of nitrogens with two attached hydrogens (primary N) is 1. The third-order valence-corrected chi connectivity index (χ3v) is 6.12. The van der Waals surface area contributed by atoms with Gasteiger partial charge in [0.05, 0.1) is 13.2 Å². The van der Waals surface area contributed by atoms with Gasteiger partial charge in [-0.2, -0.15) is 0 Å². The van der Waals surface area contributed by atoms with Crippen molar-refractivity contribution in [1.82, 2.24) is 4.90 Å². The molecule has 2 N–H and O–H groups in total. The maximum Gasteiger partial charge on any atom is 0.177 e. The maximum absolute atomic E-state index is 14.3. The van der Waals surface area contributed by atoms with Crippen molar-refractivity contribution in [3.63, 3.8) is 0 Å². The Morgan fingerprint density at radius 2 is 1.91 bits per heavy atom. The number of nitrogens with zero attached hydrogens (tertiary/aromatic N) is 2. The third kappa shape index (κ3) is 4.27. The first-order valence-corrected chi connectivity index (χ1v) is 11.2. The number of ether oxygens (including phenoxy) is 1. The summed E-state index contributed by atoms with van der Waals surface area (Å²) in [4.78, 5) is 7.49. The largest absolute Gasteiger partial charge is 0.497 e. The number of benzene rings is 3. The van der Waals surface area contributed by atoms with Gasteiger partial charge in [0.2, 0.25) is 0 Å². The van der Waals surface area contributed by atoms with Gasteiger partial charge in [-0.15, -0.1) is 0 Å². The lowest BCUT2D eigenvalue weighted by Gasteiger charge is -2.29. The Labute approximate surface area is 199 Å². The first-order valence-electron chi connectivity index (χ1n) is 10.1. The third-order valence-electron chi connectivity index (χ3n) is 5.32. The highest BCUT2D eigenvalue weighted by molar-refractivity contribution is 9.10. The van der Waals surface area contributed by atoms with E-state index >= 15 is 0 Å². The van der Waals surface area contributed by atoms with E-state index in [-0.39, 0.29) is 5.82 Å². The fraction of sp³-hybridized carbons (Fsp3) is 0.208. The van der Waals surface area contributed by atoms with Crippen LogP contribution in [0.5, 0.6) is 5.75 Å². The SMILES string of the molecule is CCON=C1c2cc(Br)cc(N)c2C(c2cc(F)ccc2Cl)N1Cc1ccc(OC)cc1. The molecule has 0 aliphatic carbocycles. The number of fused-ring (bicyclic) bond motifs is 1. The second-order valence-corrected chi connectivity index (χ2v) is 8.66. The molecular formula is C24H22BrClFN3O2. The fourth-order valence-electron chi connectivity index (χ4n) is 3.93. The molecule has 0 bridgehead atoms. The molecule has 166 valence electrons. The fourth-order valence-corrected chi connectivity index (χ4v) is 4.63. The van der Waals surface area contributed by atoms with E-state index in [1.807, 2.05) is 48.2 Å². The van der Waals surface area contributed by atoms with Crippen molar-refractivity contribution in [3.05, 3.63) is 92.2 Å². The van der Waals surface area contributed by atoms with Gasteiger partial charge in [-0.1, -0.05) is 44.8 Å². The Bertz CT molecular complexity index is 1170. The van der Waals surface area contributed by atoms with E-state index in [9.17, 15) is 4.39 Å². The first kappa shape index (κ1) is 22.4. The quantitative estimate of drug-likeness (QED) is 0.315. The number of nitrogen functional groups attached to an aromatic ring is 1. The number of hydrogen-bond acceptors (Lipinski definition) is 4. The van der Waals surface area contributed by atoms with E-state index in [0.717, 1.165) is 26.9 Å². The Morgan fingerprint density at radius 1 is 1.16 bits per heavy atom. The summed E-state index contributed by atoms with van der Waals surface area (Å²) in [6, 6.07) is 15.4. The van der Waals surface area contributed by atoms with E-state index in [0.29, 0.717) is 35.3 Å². The molecule has 3 aromatic rings. The van der Waals surface area contributed by atoms with Crippen LogP contribution in [0, 0.1) is 5.82 Å². The highest BCUT2D eigenvalue weighted by atomic mass is 79.9. The molecule has 32 heavy (non-hydrogen) atoms. The van der Waals surface area contributed by atoms with Crippen molar-refractivity contribution in [2.75, 3.05) is 19.5 Å². The molecule has 0 radical (unpaired) electrons. The van der Waals surface area contributed by atoms with Crippen molar-refractivity contribution >= 4 is 39.1 Å². The van der Waals surface area contributed by atoms with Crippen molar-refractivity contribution in [2.24, 2.45) is 5.16 Å². The summed E-state index contributed by atoms with van der Waals surface area (Å²) in [5.41, 5.74) is 10.3. The molecular weight excluding hydrogens is 497 g/mol. The molecule has 4 rings (SSSR count). The number of halogens is 3.